The highest BCUT2D eigenvalue weighted by molar-refractivity contribution is 7.10. The average Bonchev–Trinajstić information content (AvgIpc) is 3.20. The van der Waals surface area contributed by atoms with E-state index in [0.29, 0.717) is 13.2 Å². The molecule has 0 fully saturated rings. The van der Waals surface area contributed by atoms with Crippen LogP contribution in [0.1, 0.15) is 17.4 Å². The highest BCUT2D eigenvalue weighted by Gasteiger charge is 2.21. The molecule has 1 aromatic heterocycles. The van der Waals surface area contributed by atoms with Crippen molar-refractivity contribution in [3.05, 3.63) is 40.6 Å². The van der Waals surface area contributed by atoms with Crippen LogP contribution in [-0.2, 0) is 9.59 Å². The normalized spacial score (nSPS) is 13.1. The summed E-state index contributed by atoms with van der Waals surface area (Å²) in [4.78, 5) is 19.4. The van der Waals surface area contributed by atoms with Crippen molar-refractivity contribution < 1.29 is 34.0 Å². The lowest BCUT2D eigenvalue weighted by Gasteiger charge is -2.24. The largest absolute Gasteiger partial charge is 0.486 e. The van der Waals surface area contributed by atoms with Crippen LogP contribution in [0.15, 0.2) is 35.7 Å². The predicted molar refractivity (Wildman–Crippen MR) is 98.9 cm³/mol. The van der Waals surface area contributed by atoms with Crippen molar-refractivity contribution in [2.75, 3.05) is 26.8 Å². The van der Waals surface area contributed by atoms with Crippen LogP contribution in [0.5, 0.6) is 17.2 Å². The molecule has 0 radical (unpaired) electrons. The Labute approximate surface area is 160 Å². The van der Waals surface area contributed by atoms with Gasteiger partial charge in [-0.3, -0.25) is 0 Å². The van der Waals surface area contributed by atoms with E-state index in [2.05, 4.69) is 22.8 Å². The third-order valence-corrected chi connectivity index (χ3v) is 4.46. The summed E-state index contributed by atoms with van der Waals surface area (Å²) in [6, 6.07) is 9.95. The molecule has 1 aliphatic rings. The van der Waals surface area contributed by atoms with Crippen LogP contribution in [0.25, 0.3) is 0 Å². The van der Waals surface area contributed by atoms with Gasteiger partial charge in [0.25, 0.3) is 0 Å². The van der Waals surface area contributed by atoms with E-state index in [1.807, 2.05) is 25.2 Å². The van der Waals surface area contributed by atoms with Crippen LogP contribution in [0.2, 0.25) is 0 Å². The lowest BCUT2D eigenvalue weighted by atomic mass is 10.2. The van der Waals surface area contributed by atoms with E-state index in [0.717, 1.165) is 30.2 Å². The fraction of sp³-hybridized carbons (Fsp3) is 0.333. The minimum atomic E-state index is -1.82. The topological polar surface area (TPSA) is 114 Å². The number of para-hydroxylation sites is 1. The number of ether oxygens (including phenoxy) is 3. The average molecular weight is 395 g/mol. The smallest absolute Gasteiger partial charge is 0.414 e. The molecule has 2 aromatic rings. The Bertz CT molecular complexity index is 736. The van der Waals surface area contributed by atoms with Crippen molar-refractivity contribution in [3.8, 4) is 17.2 Å². The van der Waals surface area contributed by atoms with E-state index in [9.17, 15) is 0 Å². The summed E-state index contributed by atoms with van der Waals surface area (Å²) in [6.45, 7) is 2.05. The predicted octanol–water partition coefficient (Wildman–Crippen LogP) is 2.40. The third-order valence-electron chi connectivity index (χ3n) is 3.50. The number of carboxylic acid groups (broad SMARTS) is 2. The van der Waals surface area contributed by atoms with E-state index in [1.165, 1.54) is 4.88 Å². The van der Waals surface area contributed by atoms with Crippen LogP contribution in [0, 0.1) is 0 Å². The molecule has 0 bridgehead atoms. The highest BCUT2D eigenvalue weighted by atomic mass is 32.1. The number of rotatable bonds is 6. The summed E-state index contributed by atoms with van der Waals surface area (Å²) in [5.74, 6) is -1.42. The second kappa shape index (κ2) is 10.4. The number of fused-ring (bicyclic) bond motifs is 1. The number of benzene rings is 1. The molecule has 0 saturated heterocycles. The fourth-order valence-corrected chi connectivity index (χ4v) is 3.09. The van der Waals surface area contributed by atoms with E-state index in [4.69, 9.17) is 34.0 Å². The zero-order valence-corrected chi connectivity index (χ0v) is 15.5. The van der Waals surface area contributed by atoms with Crippen molar-refractivity contribution in [2.24, 2.45) is 0 Å². The Morgan fingerprint density at radius 2 is 1.93 bits per heavy atom. The molecule has 1 aliphatic heterocycles. The SMILES string of the molecule is CNCCC(Oc1cccc2c1OCCO2)c1cccs1.O=C(O)C(=O)O. The molecule has 9 heteroatoms. The van der Waals surface area contributed by atoms with Gasteiger partial charge in [-0.05, 0) is 37.2 Å². The first-order valence-electron chi connectivity index (χ1n) is 8.22. The van der Waals surface area contributed by atoms with Crippen LogP contribution in [-0.4, -0.2) is 49.0 Å². The minimum absolute atomic E-state index is 0.0227. The van der Waals surface area contributed by atoms with Gasteiger partial charge in [0.2, 0.25) is 5.75 Å². The summed E-state index contributed by atoms with van der Waals surface area (Å²) in [5, 5.41) is 20.0. The van der Waals surface area contributed by atoms with Crippen molar-refractivity contribution >= 4 is 23.3 Å². The molecule has 3 N–H and O–H groups in total. The Morgan fingerprint density at radius 1 is 1.19 bits per heavy atom. The van der Waals surface area contributed by atoms with Gasteiger partial charge in [-0.15, -0.1) is 11.3 Å². The van der Waals surface area contributed by atoms with Gasteiger partial charge < -0.3 is 29.7 Å². The van der Waals surface area contributed by atoms with Crippen molar-refractivity contribution in [2.45, 2.75) is 12.5 Å². The molecular formula is C18H21NO7S. The van der Waals surface area contributed by atoms with Crippen molar-refractivity contribution in [3.63, 3.8) is 0 Å². The van der Waals surface area contributed by atoms with Crippen LogP contribution < -0.4 is 19.5 Å². The Balaban J connectivity index is 0.000000380. The van der Waals surface area contributed by atoms with E-state index in [1.54, 1.807) is 11.3 Å². The molecule has 0 saturated carbocycles. The standard InChI is InChI=1S/C16H19NO3S.C2H2O4/c1-17-8-7-12(15-6-3-11-21-15)20-14-5-2-4-13-16(14)19-10-9-18-13;3-1(4)2(5)6/h2-6,11-12,17H,7-10H2,1H3;(H,3,4)(H,5,6). The first-order valence-corrected chi connectivity index (χ1v) is 9.10. The summed E-state index contributed by atoms with van der Waals surface area (Å²) in [5.41, 5.74) is 0. The van der Waals surface area contributed by atoms with Gasteiger partial charge >= 0.3 is 11.9 Å². The van der Waals surface area contributed by atoms with Crippen molar-refractivity contribution in [1.82, 2.24) is 5.32 Å². The first-order chi connectivity index (χ1) is 13.0. The lowest BCUT2D eigenvalue weighted by molar-refractivity contribution is -0.159. The molecular weight excluding hydrogens is 374 g/mol. The molecule has 1 aromatic carbocycles. The van der Waals surface area contributed by atoms with Gasteiger partial charge in [0.1, 0.15) is 19.3 Å². The van der Waals surface area contributed by atoms with E-state index in [-0.39, 0.29) is 6.10 Å². The second-order valence-corrected chi connectivity index (χ2v) is 6.38. The molecule has 3 rings (SSSR count). The maximum absolute atomic E-state index is 9.10. The van der Waals surface area contributed by atoms with Gasteiger partial charge in [0.05, 0.1) is 0 Å². The molecule has 27 heavy (non-hydrogen) atoms. The Hall–Kier alpha value is -2.78. The fourth-order valence-electron chi connectivity index (χ4n) is 2.30. The zero-order valence-electron chi connectivity index (χ0n) is 14.7. The monoisotopic (exact) mass is 395 g/mol. The molecule has 0 spiro atoms. The molecule has 0 amide bonds. The molecule has 1 atom stereocenters. The third kappa shape index (κ3) is 6.15. The summed E-state index contributed by atoms with van der Waals surface area (Å²) < 4.78 is 17.5. The van der Waals surface area contributed by atoms with Crippen molar-refractivity contribution in [1.29, 1.82) is 0 Å². The molecule has 8 nitrogen and oxygen atoms in total. The summed E-state index contributed by atoms with van der Waals surface area (Å²) >= 11 is 1.71. The second-order valence-electron chi connectivity index (χ2n) is 5.40. The van der Waals surface area contributed by atoms with Crippen LogP contribution in [0.4, 0.5) is 0 Å². The van der Waals surface area contributed by atoms with Gasteiger partial charge in [0, 0.05) is 11.3 Å². The lowest BCUT2D eigenvalue weighted by Crippen LogP contribution is -2.18. The number of carbonyl (C=O) groups is 2. The van der Waals surface area contributed by atoms with Gasteiger partial charge in [0.15, 0.2) is 11.5 Å². The quantitative estimate of drug-likeness (QED) is 0.639. The number of nitrogens with one attached hydrogen (secondary N) is 1. The van der Waals surface area contributed by atoms with Gasteiger partial charge in [-0.2, -0.15) is 0 Å². The molecule has 1 unspecified atom stereocenters. The first kappa shape index (κ1) is 20.5. The number of aliphatic carboxylic acids is 2. The molecule has 146 valence electrons. The molecule has 2 heterocycles. The summed E-state index contributed by atoms with van der Waals surface area (Å²) in [7, 11) is 1.95. The van der Waals surface area contributed by atoms with Crippen LogP contribution >= 0.6 is 11.3 Å². The zero-order chi connectivity index (χ0) is 19.6. The Kier molecular flexibility index (Phi) is 7.90. The maximum Gasteiger partial charge on any atom is 0.414 e. The maximum atomic E-state index is 9.10. The molecule has 0 aliphatic carbocycles. The highest BCUT2D eigenvalue weighted by Crippen LogP contribution is 2.41. The van der Waals surface area contributed by atoms with Crippen LogP contribution in [0.3, 0.4) is 0 Å². The van der Waals surface area contributed by atoms with Gasteiger partial charge in [-0.1, -0.05) is 12.1 Å². The Morgan fingerprint density at radius 3 is 2.56 bits per heavy atom. The van der Waals surface area contributed by atoms with Gasteiger partial charge in [-0.25, -0.2) is 9.59 Å². The summed E-state index contributed by atoms with van der Waals surface area (Å²) in [6.07, 6.45) is 0.927. The number of hydrogen-bond acceptors (Lipinski definition) is 7. The minimum Gasteiger partial charge on any atom is -0.486 e. The van der Waals surface area contributed by atoms with E-state index < -0.39 is 11.9 Å². The van der Waals surface area contributed by atoms with E-state index >= 15 is 0 Å². The number of hydrogen-bond donors (Lipinski definition) is 3. The number of carboxylic acids is 2. The number of thiophene rings is 1.